The van der Waals surface area contributed by atoms with Gasteiger partial charge in [0, 0.05) is 6.54 Å². The molecule has 0 aliphatic carbocycles. The van der Waals surface area contributed by atoms with Crippen LogP contribution < -0.4 is 0 Å². The van der Waals surface area contributed by atoms with Crippen LogP contribution in [0.3, 0.4) is 0 Å². The number of halogens is 3. The van der Waals surface area contributed by atoms with Crippen molar-refractivity contribution >= 4 is 17.5 Å². The molecule has 0 radical (unpaired) electrons. The number of hydrogen-bond donors (Lipinski definition) is 0. The van der Waals surface area contributed by atoms with Gasteiger partial charge in [0.1, 0.15) is 5.25 Å². The van der Waals surface area contributed by atoms with Crippen molar-refractivity contribution in [2.24, 2.45) is 5.10 Å². The van der Waals surface area contributed by atoms with Gasteiger partial charge in [-0.2, -0.15) is 18.3 Å². The minimum atomic E-state index is -4.29. The molecule has 0 spiro atoms. The zero-order valence-electron chi connectivity index (χ0n) is 11.6. The molecule has 0 fully saturated rings. The molecule has 1 aliphatic rings. The van der Waals surface area contributed by atoms with Gasteiger partial charge in [0.25, 0.3) is 0 Å². The Kier molecular flexibility index (Phi) is 4.32. The van der Waals surface area contributed by atoms with Gasteiger partial charge >= 0.3 is 6.18 Å². The SMILES string of the molecule is CCN1N=C(c2ccc(C)cc2)C(C(F)(F)F)SC1C. The summed E-state index contributed by atoms with van der Waals surface area (Å²) in [5.41, 5.74) is 1.65. The number of thioether (sulfide) groups is 1. The predicted octanol–water partition coefficient (Wildman–Crippen LogP) is 4.04. The van der Waals surface area contributed by atoms with Crippen molar-refractivity contribution in [2.75, 3.05) is 6.54 Å². The molecule has 110 valence electrons. The molecule has 0 N–H and O–H groups in total. The molecule has 2 atom stereocenters. The van der Waals surface area contributed by atoms with Crippen LogP contribution in [0.15, 0.2) is 29.4 Å². The Labute approximate surface area is 121 Å². The van der Waals surface area contributed by atoms with E-state index in [1.165, 1.54) is 0 Å². The molecule has 0 saturated heterocycles. The molecule has 2 nitrogen and oxygen atoms in total. The second kappa shape index (κ2) is 5.68. The minimum Gasteiger partial charge on any atom is -0.284 e. The summed E-state index contributed by atoms with van der Waals surface area (Å²) >= 11 is 0.903. The van der Waals surface area contributed by atoms with E-state index in [-0.39, 0.29) is 11.1 Å². The fourth-order valence-electron chi connectivity index (χ4n) is 2.10. The van der Waals surface area contributed by atoms with Gasteiger partial charge < -0.3 is 0 Å². The van der Waals surface area contributed by atoms with Crippen LogP contribution in [0.25, 0.3) is 0 Å². The maximum Gasteiger partial charge on any atom is 0.406 e. The quantitative estimate of drug-likeness (QED) is 0.819. The van der Waals surface area contributed by atoms with Crippen molar-refractivity contribution < 1.29 is 13.2 Å². The first kappa shape index (κ1) is 15.2. The second-order valence-electron chi connectivity index (χ2n) is 4.76. The summed E-state index contributed by atoms with van der Waals surface area (Å²) in [6.45, 7) is 6.14. The largest absolute Gasteiger partial charge is 0.406 e. The Morgan fingerprint density at radius 1 is 1.25 bits per heavy atom. The van der Waals surface area contributed by atoms with Gasteiger partial charge in [-0.25, -0.2) is 0 Å². The van der Waals surface area contributed by atoms with Crippen LogP contribution in [0.5, 0.6) is 0 Å². The lowest BCUT2D eigenvalue weighted by Crippen LogP contribution is -2.44. The summed E-state index contributed by atoms with van der Waals surface area (Å²) in [5.74, 6) is 0. The predicted molar refractivity (Wildman–Crippen MR) is 77.0 cm³/mol. The molecule has 0 saturated carbocycles. The van der Waals surface area contributed by atoms with E-state index in [1.807, 2.05) is 26.0 Å². The number of rotatable bonds is 2. The lowest BCUT2D eigenvalue weighted by Gasteiger charge is -2.36. The standard InChI is InChI=1S/C14H17F3N2S/c1-4-19-10(3)20-13(14(15,16)17)12(18-19)11-7-5-9(2)6-8-11/h5-8,10,13H,4H2,1-3H3. The third-order valence-electron chi connectivity index (χ3n) is 3.21. The van der Waals surface area contributed by atoms with E-state index in [4.69, 9.17) is 0 Å². The van der Waals surface area contributed by atoms with Crippen molar-refractivity contribution in [1.82, 2.24) is 5.01 Å². The average molecular weight is 302 g/mol. The summed E-state index contributed by atoms with van der Waals surface area (Å²) in [6, 6.07) is 7.03. The Bertz CT molecular complexity index is 496. The number of alkyl halides is 3. The molecule has 0 amide bonds. The van der Waals surface area contributed by atoms with Crippen molar-refractivity contribution in [3.8, 4) is 0 Å². The molecule has 1 aromatic rings. The highest BCUT2D eigenvalue weighted by molar-refractivity contribution is 8.01. The number of hydrogen-bond acceptors (Lipinski definition) is 3. The highest BCUT2D eigenvalue weighted by Gasteiger charge is 2.47. The average Bonchev–Trinajstić information content (AvgIpc) is 2.38. The summed E-state index contributed by atoms with van der Waals surface area (Å²) in [4.78, 5) is 0. The van der Waals surface area contributed by atoms with Crippen LogP contribution in [0, 0.1) is 6.92 Å². The van der Waals surface area contributed by atoms with Crippen molar-refractivity contribution in [3.63, 3.8) is 0 Å². The number of benzene rings is 1. The number of aryl methyl sites for hydroxylation is 1. The van der Waals surface area contributed by atoms with E-state index >= 15 is 0 Å². The van der Waals surface area contributed by atoms with Gasteiger partial charge in [0.05, 0.1) is 11.1 Å². The second-order valence-corrected chi connectivity index (χ2v) is 6.19. The minimum absolute atomic E-state index is 0.0995. The highest BCUT2D eigenvalue weighted by Crippen LogP contribution is 2.39. The molecule has 1 aliphatic heterocycles. The molecule has 2 unspecified atom stereocenters. The van der Waals surface area contributed by atoms with Crippen molar-refractivity contribution in [1.29, 1.82) is 0 Å². The van der Waals surface area contributed by atoms with Gasteiger partial charge in [-0.1, -0.05) is 29.8 Å². The van der Waals surface area contributed by atoms with Crippen LogP contribution in [-0.2, 0) is 0 Å². The molecule has 20 heavy (non-hydrogen) atoms. The Hall–Kier alpha value is -1.17. The van der Waals surface area contributed by atoms with Crippen LogP contribution >= 0.6 is 11.8 Å². The molecular formula is C14H17F3N2S. The monoisotopic (exact) mass is 302 g/mol. The smallest absolute Gasteiger partial charge is 0.284 e. The lowest BCUT2D eigenvalue weighted by molar-refractivity contribution is -0.117. The summed E-state index contributed by atoms with van der Waals surface area (Å²) in [5, 5.41) is 4.09. The topological polar surface area (TPSA) is 15.6 Å². The lowest BCUT2D eigenvalue weighted by atomic mass is 10.1. The van der Waals surface area contributed by atoms with Crippen LogP contribution in [0.1, 0.15) is 25.0 Å². The summed E-state index contributed by atoms with van der Waals surface area (Å²) < 4.78 is 39.7. The Balaban J connectivity index is 2.45. The molecule has 2 rings (SSSR count). The first-order valence-corrected chi connectivity index (χ1v) is 7.41. The van der Waals surface area contributed by atoms with Gasteiger partial charge in [-0.15, -0.1) is 11.8 Å². The third-order valence-corrected chi connectivity index (χ3v) is 4.61. The third kappa shape index (κ3) is 3.11. The van der Waals surface area contributed by atoms with Crippen molar-refractivity contribution in [3.05, 3.63) is 35.4 Å². The van der Waals surface area contributed by atoms with Gasteiger partial charge in [-0.05, 0) is 26.3 Å². The van der Waals surface area contributed by atoms with E-state index in [1.54, 1.807) is 24.1 Å². The van der Waals surface area contributed by atoms with Crippen molar-refractivity contribution in [2.45, 2.75) is 37.6 Å². The number of hydrazone groups is 1. The molecule has 0 aromatic heterocycles. The maximum absolute atomic E-state index is 13.2. The highest BCUT2D eigenvalue weighted by atomic mass is 32.2. The van der Waals surface area contributed by atoms with E-state index in [9.17, 15) is 13.2 Å². The molecular weight excluding hydrogens is 285 g/mol. The van der Waals surface area contributed by atoms with Gasteiger partial charge in [-0.3, -0.25) is 5.01 Å². The normalized spacial score (nSPS) is 23.7. The molecule has 0 bridgehead atoms. The maximum atomic E-state index is 13.2. The van der Waals surface area contributed by atoms with Crippen LogP contribution in [-0.4, -0.2) is 34.1 Å². The van der Waals surface area contributed by atoms with E-state index in [0.29, 0.717) is 12.1 Å². The zero-order valence-corrected chi connectivity index (χ0v) is 12.4. The first-order chi connectivity index (χ1) is 9.32. The van der Waals surface area contributed by atoms with Crippen LogP contribution in [0.4, 0.5) is 13.2 Å². The first-order valence-electron chi connectivity index (χ1n) is 6.47. The molecule has 6 heteroatoms. The fourth-order valence-corrected chi connectivity index (χ4v) is 3.29. The van der Waals surface area contributed by atoms with Gasteiger partial charge in [0.15, 0.2) is 0 Å². The number of nitrogens with zero attached hydrogens (tertiary/aromatic N) is 2. The van der Waals surface area contributed by atoms with E-state index < -0.39 is 11.4 Å². The summed E-state index contributed by atoms with van der Waals surface area (Å²) in [6.07, 6.45) is -4.29. The molecule has 1 aromatic carbocycles. The molecule has 1 heterocycles. The Morgan fingerprint density at radius 2 is 1.85 bits per heavy atom. The van der Waals surface area contributed by atoms with Gasteiger partial charge in [0.2, 0.25) is 0 Å². The Morgan fingerprint density at radius 3 is 2.35 bits per heavy atom. The summed E-state index contributed by atoms with van der Waals surface area (Å²) in [7, 11) is 0. The van der Waals surface area contributed by atoms with E-state index in [2.05, 4.69) is 5.10 Å². The van der Waals surface area contributed by atoms with E-state index in [0.717, 1.165) is 17.3 Å². The van der Waals surface area contributed by atoms with Crippen LogP contribution in [0.2, 0.25) is 0 Å². The fraction of sp³-hybridized carbons (Fsp3) is 0.500. The zero-order chi connectivity index (χ0) is 14.9.